The summed E-state index contributed by atoms with van der Waals surface area (Å²) in [4.78, 5) is 0. The highest BCUT2D eigenvalue weighted by atomic mass is 79.9. The van der Waals surface area contributed by atoms with Gasteiger partial charge in [0.15, 0.2) is 0 Å². The van der Waals surface area contributed by atoms with E-state index in [0.29, 0.717) is 12.1 Å². The molecule has 0 saturated heterocycles. The lowest BCUT2D eigenvalue weighted by Crippen LogP contribution is -2.18. The van der Waals surface area contributed by atoms with Crippen LogP contribution >= 0.6 is 15.9 Å². The summed E-state index contributed by atoms with van der Waals surface area (Å²) in [5.41, 5.74) is 2.35. The summed E-state index contributed by atoms with van der Waals surface area (Å²) >= 11 is 3.50. The van der Waals surface area contributed by atoms with Gasteiger partial charge in [0.05, 0.1) is 5.69 Å². The minimum atomic E-state index is 0.307. The zero-order valence-corrected chi connectivity index (χ0v) is 13.2. The van der Waals surface area contributed by atoms with Gasteiger partial charge in [-0.05, 0) is 44.5 Å². The van der Waals surface area contributed by atoms with Crippen molar-refractivity contribution in [3.05, 3.63) is 52.3 Å². The van der Waals surface area contributed by atoms with Crippen molar-refractivity contribution in [2.45, 2.75) is 39.4 Å². The second kappa shape index (κ2) is 6.35. The molecule has 0 saturated carbocycles. The molecule has 0 aliphatic heterocycles. The van der Waals surface area contributed by atoms with E-state index in [1.165, 1.54) is 5.56 Å². The lowest BCUT2D eigenvalue weighted by atomic mass is 10.1. The third-order valence-corrected chi connectivity index (χ3v) is 3.62. The van der Waals surface area contributed by atoms with Crippen molar-refractivity contribution in [1.29, 1.82) is 0 Å². The Morgan fingerprint density at radius 2 is 2.05 bits per heavy atom. The van der Waals surface area contributed by atoms with Crippen LogP contribution in [0.5, 0.6) is 0 Å². The van der Waals surface area contributed by atoms with E-state index < -0.39 is 0 Å². The molecule has 2 aromatic rings. The van der Waals surface area contributed by atoms with Crippen LogP contribution in [0.2, 0.25) is 0 Å². The van der Waals surface area contributed by atoms with E-state index in [0.717, 1.165) is 16.7 Å². The standard InChI is InChI=1S/C15H20BrN3/c1-11(2)19-8-7-15(18-19)10-17-12(3)13-5-4-6-14(16)9-13/h4-9,11-12,17H,10H2,1-3H3. The third kappa shape index (κ3) is 3.91. The van der Waals surface area contributed by atoms with Gasteiger partial charge in [0.1, 0.15) is 0 Å². The summed E-state index contributed by atoms with van der Waals surface area (Å²) < 4.78 is 3.10. The van der Waals surface area contributed by atoms with E-state index in [-0.39, 0.29) is 0 Å². The van der Waals surface area contributed by atoms with Crippen molar-refractivity contribution < 1.29 is 0 Å². The van der Waals surface area contributed by atoms with E-state index in [1.807, 2.05) is 16.9 Å². The van der Waals surface area contributed by atoms with Crippen molar-refractivity contribution in [3.8, 4) is 0 Å². The lowest BCUT2D eigenvalue weighted by molar-refractivity contribution is 0.512. The monoisotopic (exact) mass is 321 g/mol. The molecule has 0 spiro atoms. The van der Waals surface area contributed by atoms with Crippen LogP contribution in [0.4, 0.5) is 0 Å². The van der Waals surface area contributed by atoms with Crippen LogP contribution < -0.4 is 5.32 Å². The fraction of sp³-hybridized carbons (Fsp3) is 0.400. The molecule has 0 aliphatic carbocycles. The van der Waals surface area contributed by atoms with Gasteiger partial charge in [0.2, 0.25) is 0 Å². The highest BCUT2D eigenvalue weighted by Crippen LogP contribution is 2.18. The average molecular weight is 322 g/mol. The molecule has 102 valence electrons. The van der Waals surface area contributed by atoms with Gasteiger partial charge in [-0.3, -0.25) is 4.68 Å². The molecule has 4 heteroatoms. The van der Waals surface area contributed by atoms with Gasteiger partial charge in [-0.25, -0.2) is 0 Å². The Labute approximate surface area is 123 Å². The summed E-state index contributed by atoms with van der Waals surface area (Å²) in [6.45, 7) is 7.22. The maximum Gasteiger partial charge on any atom is 0.0762 e. The fourth-order valence-corrected chi connectivity index (χ4v) is 2.33. The van der Waals surface area contributed by atoms with Crippen LogP contribution in [0.1, 0.15) is 44.1 Å². The van der Waals surface area contributed by atoms with Gasteiger partial charge < -0.3 is 5.32 Å². The number of benzene rings is 1. The van der Waals surface area contributed by atoms with E-state index in [1.54, 1.807) is 0 Å². The first-order chi connectivity index (χ1) is 9.06. The maximum absolute atomic E-state index is 4.54. The molecule has 0 amide bonds. The predicted molar refractivity (Wildman–Crippen MR) is 82.0 cm³/mol. The largest absolute Gasteiger partial charge is 0.304 e. The zero-order chi connectivity index (χ0) is 13.8. The van der Waals surface area contributed by atoms with Crippen molar-refractivity contribution >= 4 is 15.9 Å². The molecule has 0 fully saturated rings. The number of nitrogens with zero attached hydrogens (tertiary/aromatic N) is 2. The van der Waals surface area contributed by atoms with E-state index in [9.17, 15) is 0 Å². The van der Waals surface area contributed by atoms with Crippen LogP contribution in [0.3, 0.4) is 0 Å². The summed E-state index contributed by atoms with van der Waals surface area (Å²) in [6.07, 6.45) is 2.03. The number of hydrogen-bond acceptors (Lipinski definition) is 2. The summed E-state index contributed by atoms with van der Waals surface area (Å²) in [6, 6.07) is 11.2. The van der Waals surface area contributed by atoms with Crippen molar-refractivity contribution in [2.24, 2.45) is 0 Å². The second-order valence-corrected chi connectivity index (χ2v) is 5.95. The number of nitrogens with one attached hydrogen (secondary N) is 1. The average Bonchev–Trinajstić information content (AvgIpc) is 2.85. The molecule has 1 heterocycles. The number of aromatic nitrogens is 2. The van der Waals surface area contributed by atoms with Gasteiger partial charge in [-0.15, -0.1) is 0 Å². The predicted octanol–water partition coefficient (Wildman–Crippen LogP) is 4.08. The van der Waals surface area contributed by atoms with Gasteiger partial charge >= 0.3 is 0 Å². The molecule has 0 aliphatic rings. The third-order valence-electron chi connectivity index (χ3n) is 3.13. The van der Waals surface area contributed by atoms with Gasteiger partial charge in [-0.2, -0.15) is 5.10 Å². The minimum absolute atomic E-state index is 0.307. The minimum Gasteiger partial charge on any atom is -0.304 e. The number of rotatable bonds is 5. The molecule has 1 unspecified atom stereocenters. The summed E-state index contributed by atoms with van der Waals surface area (Å²) in [5, 5.41) is 8.04. The zero-order valence-electron chi connectivity index (χ0n) is 11.6. The SMILES string of the molecule is CC(NCc1ccn(C(C)C)n1)c1cccc(Br)c1. The maximum atomic E-state index is 4.54. The highest BCUT2D eigenvalue weighted by Gasteiger charge is 2.07. The molecule has 1 aromatic heterocycles. The Bertz CT molecular complexity index is 534. The topological polar surface area (TPSA) is 29.9 Å². The Hall–Kier alpha value is -1.13. The molecular formula is C15H20BrN3. The van der Waals surface area contributed by atoms with Crippen LogP contribution in [-0.4, -0.2) is 9.78 Å². The first-order valence-corrected chi connectivity index (χ1v) is 7.38. The van der Waals surface area contributed by atoms with Crippen LogP contribution in [0.25, 0.3) is 0 Å². The van der Waals surface area contributed by atoms with E-state index in [4.69, 9.17) is 0 Å². The Kier molecular flexibility index (Phi) is 4.77. The molecule has 0 bridgehead atoms. The first kappa shape index (κ1) is 14.3. The number of hydrogen-bond donors (Lipinski definition) is 1. The smallest absolute Gasteiger partial charge is 0.0762 e. The van der Waals surface area contributed by atoms with E-state index >= 15 is 0 Å². The Morgan fingerprint density at radius 1 is 1.26 bits per heavy atom. The molecule has 19 heavy (non-hydrogen) atoms. The summed E-state index contributed by atoms with van der Waals surface area (Å²) in [7, 11) is 0. The molecular weight excluding hydrogens is 302 g/mol. The molecule has 3 nitrogen and oxygen atoms in total. The van der Waals surface area contributed by atoms with E-state index in [2.05, 4.69) is 71.4 Å². The van der Waals surface area contributed by atoms with Crippen LogP contribution in [0.15, 0.2) is 41.0 Å². The highest BCUT2D eigenvalue weighted by molar-refractivity contribution is 9.10. The molecule has 1 aromatic carbocycles. The molecule has 1 atom stereocenters. The quantitative estimate of drug-likeness (QED) is 0.899. The van der Waals surface area contributed by atoms with Crippen molar-refractivity contribution in [2.75, 3.05) is 0 Å². The number of halogens is 1. The Morgan fingerprint density at radius 3 is 2.68 bits per heavy atom. The van der Waals surface area contributed by atoms with Gasteiger partial charge in [-0.1, -0.05) is 28.1 Å². The van der Waals surface area contributed by atoms with Crippen LogP contribution in [-0.2, 0) is 6.54 Å². The molecule has 2 rings (SSSR count). The molecule has 0 radical (unpaired) electrons. The lowest BCUT2D eigenvalue weighted by Gasteiger charge is -2.13. The second-order valence-electron chi connectivity index (χ2n) is 5.04. The van der Waals surface area contributed by atoms with Gasteiger partial charge in [0.25, 0.3) is 0 Å². The fourth-order valence-electron chi connectivity index (χ4n) is 1.91. The van der Waals surface area contributed by atoms with Crippen LogP contribution in [0, 0.1) is 0 Å². The van der Waals surface area contributed by atoms with Crippen molar-refractivity contribution in [3.63, 3.8) is 0 Å². The van der Waals surface area contributed by atoms with Crippen molar-refractivity contribution in [1.82, 2.24) is 15.1 Å². The first-order valence-electron chi connectivity index (χ1n) is 6.59. The normalized spacial score (nSPS) is 12.9. The Balaban J connectivity index is 1.94. The molecule has 1 N–H and O–H groups in total. The summed E-state index contributed by atoms with van der Waals surface area (Å²) in [5.74, 6) is 0. The van der Waals surface area contributed by atoms with Gasteiger partial charge in [0, 0.05) is 29.3 Å².